The van der Waals surface area contributed by atoms with Crippen molar-refractivity contribution >= 4 is 22.5 Å². The number of aromatic nitrogens is 1. The molecule has 1 aromatic heterocycles. The second-order valence-corrected chi connectivity index (χ2v) is 10.2. The largest absolute Gasteiger partial charge is 0.508 e. The van der Waals surface area contributed by atoms with Gasteiger partial charge in [0, 0.05) is 29.6 Å². The molecule has 2 heterocycles. The van der Waals surface area contributed by atoms with Crippen LogP contribution in [0.3, 0.4) is 0 Å². The molecule has 1 saturated heterocycles. The van der Waals surface area contributed by atoms with Gasteiger partial charge in [-0.3, -0.25) is 0 Å². The van der Waals surface area contributed by atoms with Crippen LogP contribution >= 0.6 is 11.6 Å². The average Bonchev–Trinajstić information content (AvgIpc) is 3.20. The molecule has 1 aliphatic carbocycles. The van der Waals surface area contributed by atoms with Gasteiger partial charge in [0.15, 0.2) is 0 Å². The Morgan fingerprint density at radius 3 is 2.73 bits per heavy atom. The first-order valence-corrected chi connectivity index (χ1v) is 12.3. The van der Waals surface area contributed by atoms with Crippen LogP contribution in [-0.4, -0.2) is 34.6 Å². The molecular weight excluding hydrogens is 428 g/mol. The van der Waals surface area contributed by atoms with E-state index in [-0.39, 0.29) is 5.41 Å². The fourth-order valence-corrected chi connectivity index (χ4v) is 6.52. The zero-order chi connectivity index (χ0) is 22.4. The number of likely N-dealkylation sites (tertiary alicyclic amines) is 1. The maximum Gasteiger partial charge on any atom is 0.115 e. The van der Waals surface area contributed by atoms with Gasteiger partial charge in [-0.15, -0.1) is 0 Å². The molecule has 1 fully saturated rings. The normalized spacial score (nSPS) is 22.8. The van der Waals surface area contributed by atoms with Crippen molar-refractivity contribution < 1.29 is 5.11 Å². The summed E-state index contributed by atoms with van der Waals surface area (Å²) in [6.45, 7) is 3.24. The Hall–Kier alpha value is -2.75. The highest BCUT2D eigenvalue weighted by Crippen LogP contribution is 2.49. The zero-order valence-corrected chi connectivity index (χ0v) is 19.5. The molecule has 4 heteroatoms. The van der Waals surface area contributed by atoms with Crippen LogP contribution in [0.1, 0.15) is 28.8 Å². The number of aromatic amines is 1. The summed E-state index contributed by atoms with van der Waals surface area (Å²) in [5.41, 5.74) is 6.51. The van der Waals surface area contributed by atoms with Gasteiger partial charge in [0.05, 0.1) is 10.5 Å². The van der Waals surface area contributed by atoms with Gasteiger partial charge in [-0.05, 0) is 73.0 Å². The van der Waals surface area contributed by atoms with Crippen LogP contribution in [0.4, 0.5) is 0 Å². The predicted molar refractivity (Wildman–Crippen MR) is 135 cm³/mol. The van der Waals surface area contributed by atoms with Crippen molar-refractivity contribution in [3.63, 3.8) is 0 Å². The molecule has 4 aromatic rings. The lowest BCUT2D eigenvalue weighted by Crippen LogP contribution is -2.54. The number of hydrogen-bond acceptors (Lipinski definition) is 2. The second-order valence-electron chi connectivity index (χ2n) is 9.82. The fourth-order valence-electron chi connectivity index (χ4n) is 6.30. The van der Waals surface area contributed by atoms with Crippen molar-refractivity contribution in [1.82, 2.24) is 9.88 Å². The number of rotatable bonds is 4. The summed E-state index contributed by atoms with van der Waals surface area (Å²) >= 11 is 6.55. The first kappa shape index (κ1) is 20.8. The molecule has 0 spiro atoms. The van der Waals surface area contributed by atoms with Crippen LogP contribution < -0.4 is 0 Å². The molecule has 2 N–H and O–H groups in total. The smallest absolute Gasteiger partial charge is 0.115 e. The summed E-state index contributed by atoms with van der Waals surface area (Å²) in [4.78, 5) is 6.32. The Morgan fingerprint density at radius 2 is 1.88 bits per heavy atom. The summed E-state index contributed by atoms with van der Waals surface area (Å²) < 4.78 is 0. The van der Waals surface area contributed by atoms with E-state index in [1.54, 1.807) is 6.07 Å². The highest BCUT2D eigenvalue weighted by Gasteiger charge is 2.48. The monoisotopic (exact) mass is 456 g/mol. The van der Waals surface area contributed by atoms with Gasteiger partial charge in [0.2, 0.25) is 0 Å². The van der Waals surface area contributed by atoms with Crippen molar-refractivity contribution in [2.45, 2.75) is 31.1 Å². The molecule has 168 valence electrons. The summed E-state index contributed by atoms with van der Waals surface area (Å²) in [5, 5.41) is 12.4. The minimum Gasteiger partial charge on any atom is -0.508 e. The fraction of sp³-hybridized carbons (Fsp3) is 0.310. The molecule has 6 rings (SSSR count). The third-order valence-electron chi connectivity index (χ3n) is 8.04. The van der Waals surface area contributed by atoms with Crippen molar-refractivity contribution in [2.75, 3.05) is 19.6 Å². The van der Waals surface area contributed by atoms with E-state index in [2.05, 4.69) is 58.4 Å². The average molecular weight is 457 g/mol. The van der Waals surface area contributed by atoms with Gasteiger partial charge >= 0.3 is 0 Å². The number of H-pyrrole nitrogens is 1. The summed E-state index contributed by atoms with van der Waals surface area (Å²) in [6.07, 6.45) is 4.18. The van der Waals surface area contributed by atoms with Crippen molar-refractivity contribution in [3.8, 4) is 5.75 Å². The molecule has 3 aromatic carbocycles. The maximum atomic E-state index is 10.3. The lowest BCUT2D eigenvalue weighted by molar-refractivity contribution is 0.0822. The molecule has 1 aliphatic heterocycles. The molecule has 2 aliphatic rings. The van der Waals surface area contributed by atoms with E-state index in [9.17, 15) is 5.11 Å². The third-order valence-corrected chi connectivity index (χ3v) is 8.35. The second kappa shape index (κ2) is 8.23. The number of fused-ring (bicyclic) bond motifs is 4. The van der Waals surface area contributed by atoms with E-state index >= 15 is 0 Å². The van der Waals surface area contributed by atoms with E-state index in [0.717, 1.165) is 55.9 Å². The molecule has 0 radical (unpaired) electrons. The van der Waals surface area contributed by atoms with Crippen LogP contribution in [0.25, 0.3) is 10.9 Å². The van der Waals surface area contributed by atoms with Crippen molar-refractivity contribution in [2.24, 2.45) is 5.92 Å². The molecule has 0 amide bonds. The number of nitrogens with zero attached hydrogens (tertiary/aromatic N) is 1. The Labute approximate surface area is 200 Å². The van der Waals surface area contributed by atoms with Crippen LogP contribution in [0.2, 0.25) is 5.02 Å². The number of para-hydroxylation sites is 1. The van der Waals surface area contributed by atoms with Crippen LogP contribution in [0.5, 0.6) is 5.75 Å². The first-order valence-electron chi connectivity index (χ1n) is 12.0. The molecule has 33 heavy (non-hydrogen) atoms. The van der Waals surface area contributed by atoms with Gasteiger partial charge in [0.1, 0.15) is 5.75 Å². The standard InChI is InChI=1S/C29H29ClN2O/c30-26-11-5-10-24-25-17-22-19-32(14-12-20-6-2-1-3-7-20)15-13-29(22,18-27(25)31-28(24)26)21-8-4-9-23(33)16-21/h1-11,16,22,31,33H,12-15,17-19H2. The number of piperidine rings is 1. The summed E-state index contributed by atoms with van der Waals surface area (Å²) in [5.74, 6) is 0.854. The number of halogens is 1. The van der Waals surface area contributed by atoms with Gasteiger partial charge in [-0.25, -0.2) is 0 Å². The minimum atomic E-state index is 0.0301. The number of phenolic OH excluding ortho intramolecular Hbond substituents is 1. The van der Waals surface area contributed by atoms with Gasteiger partial charge in [-0.2, -0.15) is 0 Å². The Bertz CT molecular complexity index is 1300. The molecule has 3 nitrogen and oxygen atoms in total. The highest BCUT2D eigenvalue weighted by molar-refractivity contribution is 6.35. The van der Waals surface area contributed by atoms with Gasteiger partial charge < -0.3 is 15.0 Å². The number of benzene rings is 3. The number of nitrogens with one attached hydrogen (secondary N) is 1. The maximum absolute atomic E-state index is 10.3. The highest BCUT2D eigenvalue weighted by atomic mass is 35.5. The lowest BCUT2D eigenvalue weighted by atomic mass is 9.58. The Morgan fingerprint density at radius 1 is 1.03 bits per heavy atom. The first-order chi connectivity index (χ1) is 16.1. The van der Waals surface area contributed by atoms with E-state index < -0.39 is 0 Å². The van der Waals surface area contributed by atoms with Crippen molar-refractivity contribution in [3.05, 3.63) is 100 Å². The summed E-state index contributed by atoms with van der Waals surface area (Å²) in [7, 11) is 0. The SMILES string of the molecule is Oc1cccc(C23CCN(CCc4ccccc4)CC2Cc2c([nH]c4c(Cl)cccc24)C3)c1. The van der Waals surface area contributed by atoms with E-state index in [1.807, 2.05) is 18.2 Å². The predicted octanol–water partition coefficient (Wildman–Crippen LogP) is 6.13. The number of aromatic hydroxyl groups is 1. The van der Waals surface area contributed by atoms with Crippen LogP contribution in [0, 0.1) is 5.92 Å². The molecule has 2 unspecified atom stereocenters. The number of phenols is 1. The molecule has 0 bridgehead atoms. The quantitative estimate of drug-likeness (QED) is 0.388. The Kier molecular flexibility index (Phi) is 5.20. The topological polar surface area (TPSA) is 39.3 Å². The molecule has 2 atom stereocenters. The van der Waals surface area contributed by atoms with E-state index in [0.29, 0.717) is 11.7 Å². The van der Waals surface area contributed by atoms with Crippen molar-refractivity contribution in [1.29, 1.82) is 0 Å². The van der Waals surface area contributed by atoms with Gasteiger partial charge in [0.25, 0.3) is 0 Å². The molecular formula is C29H29ClN2O. The van der Waals surface area contributed by atoms with E-state index in [4.69, 9.17) is 11.6 Å². The Balaban J connectivity index is 1.36. The lowest BCUT2D eigenvalue weighted by Gasteiger charge is -2.51. The van der Waals surface area contributed by atoms with Crippen LogP contribution in [0.15, 0.2) is 72.8 Å². The summed E-state index contributed by atoms with van der Waals surface area (Å²) in [6, 6.07) is 25.0. The van der Waals surface area contributed by atoms with Gasteiger partial charge in [-0.1, -0.05) is 66.2 Å². The third kappa shape index (κ3) is 3.64. The van der Waals surface area contributed by atoms with E-state index in [1.165, 1.54) is 27.8 Å². The minimum absolute atomic E-state index is 0.0301. The molecule has 0 saturated carbocycles. The van der Waals surface area contributed by atoms with Crippen LogP contribution in [-0.2, 0) is 24.7 Å². The zero-order valence-electron chi connectivity index (χ0n) is 18.7. The number of hydrogen-bond donors (Lipinski definition) is 2.